The number of aromatic nitrogens is 5. The Balaban J connectivity index is 1.60. The van der Waals surface area contributed by atoms with Gasteiger partial charge in [0.15, 0.2) is 17.5 Å². The Labute approximate surface area is 175 Å². The summed E-state index contributed by atoms with van der Waals surface area (Å²) in [5.74, 6) is 2.03. The van der Waals surface area contributed by atoms with Gasteiger partial charge in [0.25, 0.3) is 0 Å². The highest BCUT2D eigenvalue weighted by Crippen LogP contribution is 2.25. The molecule has 0 aliphatic carbocycles. The fourth-order valence-electron chi connectivity index (χ4n) is 3.79. The second kappa shape index (κ2) is 8.53. The Bertz CT molecular complexity index is 1050. The Morgan fingerprint density at radius 1 is 1.13 bits per heavy atom. The molecule has 1 aliphatic rings. The maximum Gasteiger partial charge on any atom is 0.227 e. The molecule has 0 saturated carbocycles. The van der Waals surface area contributed by atoms with Crippen molar-refractivity contribution in [2.75, 3.05) is 36.0 Å². The second-order valence-electron chi connectivity index (χ2n) is 7.86. The van der Waals surface area contributed by atoms with E-state index in [0.717, 1.165) is 43.5 Å². The van der Waals surface area contributed by atoms with E-state index in [4.69, 9.17) is 5.26 Å². The summed E-state index contributed by atoms with van der Waals surface area (Å²) in [6.45, 7) is 7.94. The summed E-state index contributed by atoms with van der Waals surface area (Å²) < 4.78 is 16.3. The van der Waals surface area contributed by atoms with Crippen LogP contribution in [0.2, 0.25) is 0 Å². The number of rotatable bonds is 5. The van der Waals surface area contributed by atoms with Crippen molar-refractivity contribution in [3.05, 3.63) is 42.0 Å². The molecule has 3 aromatic heterocycles. The third kappa shape index (κ3) is 3.99. The standard InChI is InChI=1S/C21H25FN8/c1-15(2)14-30-20(18-7-6-16(13-23)25-18)26-27-21(30)29-10-4-9-28(11-12-29)19-17(22)5-3-8-24-19/h3,5-8,15,25H,4,9-12,14H2,1-2H3. The van der Waals surface area contributed by atoms with E-state index in [1.165, 1.54) is 6.07 Å². The van der Waals surface area contributed by atoms with Crippen LogP contribution < -0.4 is 9.80 Å². The van der Waals surface area contributed by atoms with E-state index in [0.29, 0.717) is 30.5 Å². The van der Waals surface area contributed by atoms with Crippen LogP contribution in [-0.4, -0.2) is 50.9 Å². The van der Waals surface area contributed by atoms with Gasteiger partial charge in [-0.2, -0.15) is 5.26 Å². The maximum absolute atomic E-state index is 14.2. The molecule has 1 aliphatic heterocycles. The summed E-state index contributed by atoms with van der Waals surface area (Å²) in [4.78, 5) is 11.5. The monoisotopic (exact) mass is 408 g/mol. The summed E-state index contributed by atoms with van der Waals surface area (Å²) in [5.41, 5.74) is 1.27. The fourth-order valence-corrected chi connectivity index (χ4v) is 3.79. The first-order chi connectivity index (χ1) is 14.6. The van der Waals surface area contributed by atoms with Crippen LogP contribution in [0.15, 0.2) is 30.5 Å². The van der Waals surface area contributed by atoms with E-state index in [9.17, 15) is 4.39 Å². The molecule has 4 heterocycles. The molecule has 30 heavy (non-hydrogen) atoms. The van der Waals surface area contributed by atoms with Gasteiger partial charge in [0.2, 0.25) is 5.95 Å². The second-order valence-corrected chi connectivity index (χ2v) is 7.86. The minimum Gasteiger partial charge on any atom is -0.352 e. The van der Waals surface area contributed by atoms with Gasteiger partial charge in [0, 0.05) is 38.9 Å². The van der Waals surface area contributed by atoms with Gasteiger partial charge >= 0.3 is 0 Å². The number of nitrogens with zero attached hydrogens (tertiary/aromatic N) is 7. The van der Waals surface area contributed by atoms with Crippen LogP contribution in [-0.2, 0) is 6.54 Å². The number of H-pyrrole nitrogens is 1. The molecule has 1 fully saturated rings. The molecule has 0 bridgehead atoms. The van der Waals surface area contributed by atoms with Crippen molar-refractivity contribution in [3.8, 4) is 17.6 Å². The Morgan fingerprint density at radius 2 is 1.93 bits per heavy atom. The van der Waals surface area contributed by atoms with Gasteiger partial charge in [-0.25, -0.2) is 9.37 Å². The van der Waals surface area contributed by atoms with Gasteiger partial charge in [0.1, 0.15) is 11.8 Å². The molecule has 8 nitrogen and oxygen atoms in total. The highest BCUT2D eigenvalue weighted by atomic mass is 19.1. The first-order valence-corrected chi connectivity index (χ1v) is 10.2. The molecular weight excluding hydrogens is 383 g/mol. The predicted octanol–water partition coefficient (Wildman–Crippen LogP) is 3.05. The number of nitrogens with one attached hydrogen (secondary N) is 1. The smallest absolute Gasteiger partial charge is 0.227 e. The van der Waals surface area contributed by atoms with Crippen molar-refractivity contribution in [2.45, 2.75) is 26.8 Å². The van der Waals surface area contributed by atoms with E-state index < -0.39 is 0 Å². The largest absolute Gasteiger partial charge is 0.352 e. The third-order valence-electron chi connectivity index (χ3n) is 5.14. The van der Waals surface area contributed by atoms with Gasteiger partial charge in [0.05, 0.1) is 5.69 Å². The molecule has 0 atom stereocenters. The van der Waals surface area contributed by atoms with Crippen LogP contribution in [0.5, 0.6) is 0 Å². The highest BCUT2D eigenvalue weighted by molar-refractivity contribution is 5.55. The van der Waals surface area contributed by atoms with Gasteiger partial charge in [-0.1, -0.05) is 13.8 Å². The molecule has 156 valence electrons. The SMILES string of the molecule is CC(C)Cn1c(-c2ccc(C#N)[nH]2)nnc1N1CCCN(c2ncccc2F)CC1. The van der Waals surface area contributed by atoms with Crippen LogP contribution in [0, 0.1) is 23.1 Å². The first kappa shape index (κ1) is 19.9. The van der Waals surface area contributed by atoms with Crippen LogP contribution in [0.25, 0.3) is 11.5 Å². The molecule has 9 heteroatoms. The Morgan fingerprint density at radius 3 is 2.67 bits per heavy atom. The summed E-state index contributed by atoms with van der Waals surface area (Å²) in [6, 6.07) is 8.77. The van der Waals surface area contributed by atoms with E-state index in [1.807, 2.05) is 11.0 Å². The van der Waals surface area contributed by atoms with Crippen LogP contribution in [0.1, 0.15) is 26.0 Å². The van der Waals surface area contributed by atoms with Gasteiger partial charge < -0.3 is 14.8 Å². The number of nitriles is 1. The number of anilines is 2. The summed E-state index contributed by atoms with van der Waals surface area (Å²) in [6.07, 6.45) is 2.49. The molecule has 1 N–H and O–H groups in total. The van der Waals surface area contributed by atoms with Crippen molar-refractivity contribution in [3.63, 3.8) is 0 Å². The molecule has 1 saturated heterocycles. The normalized spacial score (nSPS) is 14.8. The van der Waals surface area contributed by atoms with E-state index >= 15 is 0 Å². The zero-order valence-corrected chi connectivity index (χ0v) is 17.2. The summed E-state index contributed by atoms with van der Waals surface area (Å²) >= 11 is 0. The zero-order valence-electron chi connectivity index (χ0n) is 17.2. The lowest BCUT2D eigenvalue weighted by Crippen LogP contribution is -2.33. The number of halogens is 1. The number of hydrogen-bond acceptors (Lipinski definition) is 6. The van der Waals surface area contributed by atoms with Gasteiger partial charge in [-0.05, 0) is 36.6 Å². The van der Waals surface area contributed by atoms with Crippen molar-refractivity contribution in [2.24, 2.45) is 5.92 Å². The van der Waals surface area contributed by atoms with E-state index in [-0.39, 0.29) is 5.82 Å². The predicted molar refractivity (Wildman–Crippen MR) is 113 cm³/mol. The summed E-state index contributed by atoms with van der Waals surface area (Å²) in [5, 5.41) is 18.0. The maximum atomic E-state index is 14.2. The molecule has 0 spiro atoms. The Kier molecular flexibility index (Phi) is 5.65. The van der Waals surface area contributed by atoms with Crippen molar-refractivity contribution in [1.82, 2.24) is 24.7 Å². The summed E-state index contributed by atoms with van der Waals surface area (Å²) in [7, 11) is 0. The van der Waals surface area contributed by atoms with Gasteiger partial charge in [-0.3, -0.25) is 4.57 Å². The number of pyridine rings is 1. The zero-order chi connectivity index (χ0) is 21.1. The average molecular weight is 408 g/mol. The lowest BCUT2D eigenvalue weighted by atomic mass is 10.2. The highest BCUT2D eigenvalue weighted by Gasteiger charge is 2.24. The lowest BCUT2D eigenvalue weighted by Gasteiger charge is -2.24. The average Bonchev–Trinajstić information content (AvgIpc) is 3.29. The van der Waals surface area contributed by atoms with Crippen LogP contribution in [0.3, 0.4) is 0 Å². The molecule has 0 unspecified atom stereocenters. The minimum absolute atomic E-state index is 0.295. The molecule has 0 radical (unpaired) electrons. The first-order valence-electron chi connectivity index (χ1n) is 10.2. The fraction of sp³-hybridized carbons (Fsp3) is 0.429. The minimum atomic E-state index is -0.295. The quantitative estimate of drug-likeness (QED) is 0.698. The van der Waals surface area contributed by atoms with Crippen LogP contribution >= 0.6 is 0 Å². The number of aromatic amines is 1. The van der Waals surface area contributed by atoms with E-state index in [2.05, 4.69) is 49.5 Å². The molecule has 3 aromatic rings. The van der Waals surface area contributed by atoms with Crippen molar-refractivity contribution < 1.29 is 4.39 Å². The molecular formula is C21H25FN8. The lowest BCUT2D eigenvalue weighted by molar-refractivity contribution is 0.521. The molecule has 0 aromatic carbocycles. The number of hydrogen-bond donors (Lipinski definition) is 1. The van der Waals surface area contributed by atoms with Crippen molar-refractivity contribution >= 4 is 11.8 Å². The van der Waals surface area contributed by atoms with Crippen molar-refractivity contribution in [1.29, 1.82) is 5.26 Å². The van der Waals surface area contributed by atoms with E-state index in [1.54, 1.807) is 18.3 Å². The third-order valence-corrected chi connectivity index (χ3v) is 5.14. The van der Waals surface area contributed by atoms with Gasteiger partial charge in [-0.15, -0.1) is 10.2 Å². The molecule has 0 amide bonds. The topological polar surface area (TPSA) is 89.7 Å². The van der Waals surface area contributed by atoms with Crippen LogP contribution in [0.4, 0.5) is 16.2 Å². The molecule has 4 rings (SSSR count). The Hall–Kier alpha value is -3.41.